The van der Waals surface area contributed by atoms with Crippen molar-refractivity contribution in [1.29, 1.82) is 0 Å². The van der Waals surface area contributed by atoms with Crippen LogP contribution >= 0.6 is 12.4 Å². The Morgan fingerprint density at radius 3 is 2.19 bits per heavy atom. The first-order valence-corrected chi connectivity index (χ1v) is 11.7. The first-order valence-electron chi connectivity index (χ1n) is 8.39. The molecular formula is C16H27ClN2O5S2. The summed E-state index contributed by atoms with van der Waals surface area (Å²) in [6, 6.07) is 6.49. The van der Waals surface area contributed by atoms with Crippen molar-refractivity contribution in [3.8, 4) is 5.75 Å². The van der Waals surface area contributed by atoms with Gasteiger partial charge in [0.05, 0.1) is 10.6 Å². The lowest BCUT2D eigenvalue weighted by Crippen LogP contribution is -2.43. The summed E-state index contributed by atoms with van der Waals surface area (Å²) in [6.45, 7) is 2.65. The average molecular weight is 427 g/mol. The number of rotatable bonds is 8. The minimum Gasteiger partial charge on any atom is -0.493 e. The number of sulfonamides is 1. The number of hydrogen-bond acceptors (Lipinski definition) is 6. The highest BCUT2D eigenvalue weighted by molar-refractivity contribution is 7.91. The monoisotopic (exact) mass is 426 g/mol. The molecule has 1 aromatic carbocycles. The van der Waals surface area contributed by atoms with Gasteiger partial charge in [0, 0.05) is 24.9 Å². The normalized spacial score (nSPS) is 16.8. The summed E-state index contributed by atoms with van der Waals surface area (Å²) in [5.41, 5.74) is 0. The standard InChI is InChI=1S/C16H26N2O5S2.ClH/c1-3-24(19,20)13-12-23-15-4-6-16(7-5-15)25(21,22)18-10-8-14(17-2)9-11-18;/h4-7,14,17H,3,8-13H2,1-2H3;1H. The number of hydrogen-bond donors (Lipinski definition) is 1. The van der Waals surface area contributed by atoms with Crippen LogP contribution in [0.3, 0.4) is 0 Å². The molecule has 1 N–H and O–H groups in total. The van der Waals surface area contributed by atoms with E-state index in [9.17, 15) is 16.8 Å². The molecule has 1 heterocycles. The predicted molar refractivity (Wildman–Crippen MR) is 104 cm³/mol. The molecule has 0 atom stereocenters. The highest BCUT2D eigenvalue weighted by Gasteiger charge is 2.28. The van der Waals surface area contributed by atoms with E-state index in [0.717, 1.165) is 12.8 Å². The van der Waals surface area contributed by atoms with Crippen LogP contribution in [0.1, 0.15) is 19.8 Å². The molecule has 10 heteroatoms. The Kier molecular flexibility index (Phi) is 8.81. The van der Waals surface area contributed by atoms with Gasteiger partial charge in [-0.25, -0.2) is 16.8 Å². The lowest BCUT2D eigenvalue weighted by Gasteiger charge is -2.31. The molecule has 0 saturated carbocycles. The number of sulfone groups is 1. The van der Waals surface area contributed by atoms with Gasteiger partial charge < -0.3 is 10.1 Å². The molecule has 0 bridgehead atoms. The summed E-state index contributed by atoms with van der Waals surface area (Å²) in [7, 11) is -4.69. The lowest BCUT2D eigenvalue weighted by atomic mass is 10.1. The molecule has 1 aliphatic heterocycles. The predicted octanol–water partition coefficient (Wildman–Crippen LogP) is 1.29. The van der Waals surface area contributed by atoms with Gasteiger partial charge in [-0.05, 0) is 44.2 Å². The van der Waals surface area contributed by atoms with Crippen molar-refractivity contribution < 1.29 is 21.6 Å². The second kappa shape index (κ2) is 9.89. The number of nitrogens with one attached hydrogen (secondary N) is 1. The van der Waals surface area contributed by atoms with Crippen LogP contribution in [0.5, 0.6) is 5.75 Å². The Bertz CT molecular complexity index is 758. The van der Waals surface area contributed by atoms with Gasteiger partial charge in [-0.1, -0.05) is 6.92 Å². The molecule has 1 fully saturated rings. The Labute approximate surface area is 162 Å². The number of benzene rings is 1. The summed E-state index contributed by atoms with van der Waals surface area (Å²) in [4.78, 5) is 0.226. The van der Waals surface area contributed by atoms with Gasteiger partial charge in [-0.3, -0.25) is 0 Å². The topological polar surface area (TPSA) is 92.8 Å². The third-order valence-corrected chi connectivity index (χ3v) is 8.01. The van der Waals surface area contributed by atoms with E-state index in [1.807, 2.05) is 7.05 Å². The fraction of sp³-hybridized carbons (Fsp3) is 0.625. The van der Waals surface area contributed by atoms with Crippen LogP contribution in [0, 0.1) is 0 Å². The highest BCUT2D eigenvalue weighted by atomic mass is 35.5. The Morgan fingerprint density at radius 2 is 1.69 bits per heavy atom. The highest BCUT2D eigenvalue weighted by Crippen LogP contribution is 2.22. The van der Waals surface area contributed by atoms with E-state index < -0.39 is 19.9 Å². The van der Waals surface area contributed by atoms with E-state index in [0.29, 0.717) is 24.9 Å². The minimum atomic E-state index is -3.50. The molecule has 26 heavy (non-hydrogen) atoms. The third kappa shape index (κ3) is 6.09. The maximum Gasteiger partial charge on any atom is 0.243 e. The molecule has 1 saturated heterocycles. The molecule has 0 unspecified atom stereocenters. The number of piperidine rings is 1. The summed E-state index contributed by atoms with van der Waals surface area (Å²) in [6.07, 6.45) is 1.59. The van der Waals surface area contributed by atoms with Gasteiger partial charge in [0.2, 0.25) is 10.0 Å². The van der Waals surface area contributed by atoms with Crippen molar-refractivity contribution in [1.82, 2.24) is 9.62 Å². The minimum absolute atomic E-state index is 0. The quantitative estimate of drug-likeness (QED) is 0.673. The van der Waals surface area contributed by atoms with E-state index in [1.54, 1.807) is 19.1 Å². The Hall–Kier alpha value is -0.870. The first kappa shape index (κ1) is 23.2. The molecule has 0 spiro atoms. The third-order valence-electron chi connectivity index (χ3n) is 4.43. The fourth-order valence-corrected chi connectivity index (χ4v) is 4.77. The zero-order valence-electron chi connectivity index (χ0n) is 15.0. The maximum absolute atomic E-state index is 12.7. The second-order valence-electron chi connectivity index (χ2n) is 6.02. The number of ether oxygens (including phenoxy) is 1. The summed E-state index contributed by atoms with van der Waals surface area (Å²) < 4.78 is 55.1. The van der Waals surface area contributed by atoms with Crippen LogP contribution in [0.25, 0.3) is 0 Å². The first-order chi connectivity index (χ1) is 11.8. The van der Waals surface area contributed by atoms with Crippen molar-refractivity contribution in [3.05, 3.63) is 24.3 Å². The van der Waals surface area contributed by atoms with Crippen molar-refractivity contribution in [3.63, 3.8) is 0 Å². The smallest absolute Gasteiger partial charge is 0.243 e. The average Bonchev–Trinajstić information content (AvgIpc) is 2.62. The molecule has 150 valence electrons. The molecule has 2 rings (SSSR count). The van der Waals surface area contributed by atoms with E-state index in [-0.39, 0.29) is 35.4 Å². The molecule has 0 amide bonds. The van der Waals surface area contributed by atoms with Crippen LogP contribution in [0.2, 0.25) is 0 Å². The lowest BCUT2D eigenvalue weighted by molar-refractivity contribution is 0.298. The molecule has 0 aromatic heterocycles. The van der Waals surface area contributed by atoms with E-state index in [2.05, 4.69) is 5.32 Å². The molecule has 1 aliphatic rings. The largest absolute Gasteiger partial charge is 0.493 e. The molecule has 0 aliphatic carbocycles. The van der Waals surface area contributed by atoms with Crippen LogP contribution in [0.4, 0.5) is 0 Å². The van der Waals surface area contributed by atoms with Crippen LogP contribution in [-0.4, -0.2) is 65.4 Å². The van der Waals surface area contributed by atoms with Crippen LogP contribution < -0.4 is 10.1 Å². The second-order valence-corrected chi connectivity index (χ2v) is 10.4. The van der Waals surface area contributed by atoms with Crippen molar-refractivity contribution >= 4 is 32.3 Å². The maximum atomic E-state index is 12.7. The zero-order chi connectivity index (χ0) is 18.5. The van der Waals surface area contributed by atoms with Crippen LogP contribution in [0.15, 0.2) is 29.2 Å². The Morgan fingerprint density at radius 1 is 1.12 bits per heavy atom. The number of halogens is 1. The molecule has 0 radical (unpaired) electrons. The van der Waals surface area contributed by atoms with E-state index in [4.69, 9.17) is 4.74 Å². The van der Waals surface area contributed by atoms with Crippen molar-refractivity contribution in [2.24, 2.45) is 0 Å². The van der Waals surface area contributed by atoms with Gasteiger partial charge in [0.25, 0.3) is 0 Å². The van der Waals surface area contributed by atoms with Gasteiger partial charge in [-0.2, -0.15) is 4.31 Å². The van der Waals surface area contributed by atoms with E-state index in [1.165, 1.54) is 16.4 Å². The summed E-state index contributed by atoms with van der Waals surface area (Å²) in [5.74, 6) is 0.487. The van der Waals surface area contributed by atoms with Crippen molar-refractivity contribution in [2.75, 3.05) is 38.2 Å². The van der Waals surface area contributed by atoms with Gasteiger partial charge in [0.1, 0.15) is 12.4 Å². The summed E-state index contributed by atoms with van der Waals surface area (Å²) >= 11 is 0. The van der Waals surface area contributed by atoms with Crippen LogP contribution in [-0.2, 0) is 19.9 Å². The van der Waals surface area contributed by atoms with Gasteiger partial charge in [0.15, 0.2) is 9.84 Å². The molecule has 1 aromatic rings. The SMILES string of the molecule is CCS(=O)(=O)CCOc1ccc(S(=O)(=O)N2CCC(NC)CC2)cc1.Cl. The molecular weight excluding hydrogens is 400 g/mol. The summed E-state index contributed by atoms with van der Waals surface area (Å²) in [5, 5.41) is 3.18. The fourth-order valence-electron chi connectivity index (χ4n) is 2.67. The van der Waals surface area contributed by atoms with Crippen molar-refractivity contribution in [2.45, 2.75) is 30.7 Å². The van der Waals surface area contributed by atoms with Gasteiger partial charge >= 0.3 is 0 Å². The zero-order valence-corrected chi connectivity index (χ0v) is 17.5. The van der Waals surface area contributed by atoms with E-state index >= 15 is 0 Å². The molecule has 7 nitrogen and oxygen atoms in total. The Balaban J connectivity index is 0.00000338. The number of nitrogens with zero attached hydrogens (tertiary/aromatic N) is 1. The van der Waals surface area contributed by atoms with Gasteiger partial charge in [-0.15, -0.1) is 12.4 Å².